The third kappa shape index (κ3) is 7.98. The van der Waals surface area contributed by atoms with Crippen molar-refractivity contribution in [2.45, 2.75) is 56.8 Å². The Kier molecular flexibility index (Phi) is 12.1. The predicted molar refractivity (Wildman–Crippen MR) is 191 cm³/mol. The number of ether oxygens (including phenoxy) is 1. The number of nitrogens with two attached hydrogens (primary N) is 1. The average Bonchev–Trinajstić information content (AvgIpc) is 3.14. The lowest BCUT2D eigenvalue weighted by Gasteiger charge is -2.43. The van der Waals surface area contributed by atoms with E-state index in [1.807, 2.05) is 0 Å². The van der Waals surface area contributed by atoms with Gasteiger partial charge in [-0.25, -0.2) is 0 Å². The molecule has 10 nitrogen and oxygen atoms in total. The zero-order valence-corrected chi connectivity index (χ0v) is 28.5. The van der Waals surface area contributed by atoms with Crippen LogP contribution in [0.3, 0.4) is 0 Å². The van der Waals surface area contributed by atoms with Crippen molar-refractivity contribution in [3.05, 3.63) is 123 Å². The highest BCUT2D eigenvalue weighted by molar-refractivity contribution is 6.03. The van der Waals surface area contributed by atoms with Crippen LogP contribution in [0.4, 0.5) is 5.69 Å². The molecule has 5 rings (SSSR count). The van der Waals surface area contributed by atoms with E-state index in [-0.39, 0.29) is 11.1 Å². The quantitative estimate of drug-likeness (QED) is 0.0671. The standard InChI is InChI=1S/C39H47N5O5/c1-29-35(38(46)49-2)36(30-17-19-33(20-18-30)44(47)48)37(34(41-29)16-9-10-23-40)43(28-45)25-11-24-42-26-21-39(22-27-42,31-12-5-3-6-13-31)32-14-7-4-8-15-32/h3-8,12-15,17-20,28,35-36H,9-11,16,21-27,40H2,1-2H3. The van der Waals surface area contributed by atoms with Gasteiger partial charge in [0.25, 0.3) is 5.69 Å². The fourth-order valence-electron chi connectivity index (χ4n) is 7.58. The van der Waals surface area contributed by atoms with E-state index >= 15 is 0 Å². The van der Waals surface area contributed by atoms with Crippen LogP contribution >= 0.6 is 0 Å². The summed E-state index contributed by atoms with van der Waals surface area (Å²) >= 11 is 0. The minimum absolute atomic E-state index is 0.0457. The second kappa shape index (κ2) is 16.6. The number of unbranched alkanes of at least 4 members (excludes halogenated alkanes) is 1. The van der Waals surface area contributed by atoms with Gasteiger partial charge in [-0.05, 0) is 88.3 Å². The molecule has 2 unspecified atom stereocenters. The molecule has 49 heavy (non-hydrogen) atoms. The first-order chi connectivity index (χ1) is 23.8. The number of aliphatic imine (C=N–C) groups is 1. The monoisotopic (exact) mass is 665 g/mol. The van der Waals surface area contributed by atoms with Gasteiger partial charge in [0.2, 0.25) is 6.41 Å². The second-order valence-corrected chi connectivity index (χ2v) is 13.0. The molecule has 10 heteroatoms. The number of nitro groups is 1. The largest absolute Gasteiger partial charge is 0.468 e. The van der Waals surface area contributed by atoms with Gasteiger partial charge in [0.15, 0.2) is 0 Å². The van der Waals surface area contributed by atoms with Gasteiger partial charge in [-0.15, -0.1) is 0 Å². The molecule has 2 aliphatic rings. The maximum atomic E-state index is 13.3. The van der Waals surface area contributed by atoms with Crippen LogP contribution in [0.25, 0.3) is 0 Å². The van der Waals surface area contributed by atoms with Gasteiger partial charge in [0.1, 0.15) is 5.92 Å². The fourth-order valence-corrected chi connectivity index (χ4v) is 7.58. The lowest BCUT2D eigenvalue weighted by atomic mass is 9.68. The van der Waals surface area contributed by atoms with Crippen molar-refractivity contribution >= 4 is 23.8 Å². The number of likely N-dealkylation sites (tertiary alicyclic amines) is 1. The van der Waals surface area contributed by atoms with Crippen LogP contribution < -0.4 is 5.73 Å². The van der Waals surface area contributed by atoms with Gasteiger partial charge in [0.05, 0.1) is 23.4 Å². The van der Waals surface area contributed by atoms with Gasteiger partial charge in [-0.1, -0.05) is 72.8 Å². The van der Waals surface area contributed by atoms with E-state index in [0.717, 1.165) is 63.8 Å². The molecule has 2 heterocycles. The molecule has 1 fully saturated rings. The summed E-state index contributed by atoms with van der Waals surface area (Å²) in [6.45, 7) is 5.43. The highest BCUT2D eigenvalue weighted by atomic mass is 16.6. The maximum Gasteiger partial charge on any atom is 0.315 e. The molecule has 258 valence electrons. The normalized spacial score (nSPS) is 19.2. The van der Waals surface area contributed by atoms with Crippen molar-refractivity contribution in [3.63, 3.8) is 0 Å². The predicted octanol–water partition coefficient (Wildman–Crippen LogP) is 6.21. The summed E-state index contributed by atoms with van der Waals surface area (Å²) in [6.07, 6.45) is 5.68. The van der Waals surface area contributed by atoms with E-state index < -0.39 is 22.7 Å². The SMILES string of the molecule is COC(=O)C1C(C)=NC(CCCCN)=C(N(C=O)CCCN2CCC(c3ccccc3)(c3ccccc3)CC2)C1c1ccc([N+](=O)[O-])cc1. The third-order valence-electron chi connectivity index (χ3n) is 10.1. The lowest BCUT2D eigenvalue weighted by molar-refractivity contribution is -0.384. The van der Waals surface area contributed by atoms with Crippen LogP contribution in [0, 0.1) is 16.0 Å². The van der Waals surface area contributed by atoms with E-state index in [9.17, 15) is 19.7 Å². The van der Waals surface area contributed by atoms with Gasteiger partial charge in [-0.3, -0.25) is 24.7 Å². The molecule has 0 saturated carbocycles. The van der Waals surface area contributed by atoms with Crippen molar-refractivity contribution in [2.75, 3.05) is 39.8 Å². The minimum atomic E-state index is -0.784. The van der Waals surface area contributed by atoms with Gasteiger partial charge >= 0.3 is 5.97 Å². The number of allylic oxidation sites excluding steroid dienone is 2. The van der Waals surface area contributed by atoms with Gasteiger partial charge in [0, 0.05) is 35.7 Å². The summed E-state index contributed by atoms with van der Waals surface area (Å²) in [4.78, 5) is 46.2. The molecule has 0 bridgehead atoms. The summed E-state index contributed by atoms with van der Waals surface area (Å²) < 4.78 is 5.23. The van der Waals surface area contributed by atoms with E-state index in [1.165, 1.54) is 30.4 Å². The van der Waals surface area contributed by atoms with Crippen molar-refractivity contribution in [1.82, 2.24) is 9.80 Å². The average molecular weight is 666 g/mol. The van der Waals surface area contributed by atoms with Crippen molar-refractivity contribution in [1.29, 1.82) is 0 Å². The minimum Gasteiger partial charge on any atom is -0.468 e. The van der Waals surface area contributed by atoms with Crippen LogP contribution in [0.5, 0.6) is 0 Å². The summed E-state index contributed by atoms with van der Waals surface area (Å²) in [5.74, 6) is -1.85. The van der Waals surface area contributed by atoms with Crippen LogP contribution in [-0.4, -0.2) is 72.6 Å². The van der Waals surface area contributed by atoms with E-state index in [1.54, 1.807) is 24.0 Å². The topological polar surface area (TPSA) is 131 Å². The molecular weight excluding hydrogens is 618 g/mol. The molecule has 0 spiro atoms. The number of amides is 1. The number of nitro benzene ring substituents is 1. The number of carbonyl (C=O) groups is 2. The van der Waals surface area contributed by atoms with Crippen molar-refractivity contribution in [2.24, 2.45) is 16.6 Å². The first kappa shape index (κ1) is 35.6. The zero-order valence-electron chi connectivity index (χ0n) is 28.5. The Morgan fingerprint density at radius 1 is 1.00 bits per heavy atom. The molecule has 2 atom stereocenters. The second-order valence-electron chi connectivity index (χ2n) is 13.0. The van der Waals surface area contributed by atoms with Crippen LogP contribution in [0.2, 0.25) is 0 Å². The molecule has 1 saturated heterocycles. The molecule has 1 amide bonds. The third-order valence-corrected chi connectivity index (χ3v) is 10.1. The number of non-ortho nitro benzene ring substituents is 1. The Morgan fingerprint density at radius 3 is 2.14 bits per heavy atom. The van der Waals surface area contributed by atoms with Crippen molar-refractivity contribution < 1.29 is 19.2 Å². The molecule has 0 aromatic heterocycles. The van der Waals surface area contributed by atoms with E-state index in [2.05, 4.69) is 65.6 Å². The molecule has 0 aliphatic carbocycles. The Balaban J connectivity index is 1.38. The molecule has 3 aromatic rings. The number of benzene rings is 3. The highest BCUT2D eigenvalue weighted by Crippen LogP contribution is 2.43. The number of hydrogen-bond acceptors (Lipinski definition) is 8. The number of hydrogen-bond donors (Lipinski definition) is 1. The van der Waals surface area contributed by atoms with E-state index in [4.69, 9.17) is 15.5 Å². The first-order valence-corrected chi connectivity index (χ1v) is 17.2. The zero-order chi connectivity index (χ0) is 34.8. The smallest absolute Gasteiger partial charge is 0.315 e. The van der Waals surface area contributed by atoms with Crippen LogP contribution in [0.1, 0.15) is 68.1 Å². The summed E-state index contributed by atoms with van der Waals surface area (Å²) in [5, 5.41) is 11.4. The Hall–Kier alpha value is -4.67. The molecular formula is C39H47N5O5. The van der Waals surface area contributed by atoms with Gasteiger partial charge < -0.3 is 20.3 Å². The number of esters is 1. The highest BCUT2D eigenvalue weighted by Gasteiger charge is 2.42. The number of nitrogens with zero attached hydrogens (tertiary/aromatic N) is 4. The number of methoxy groups -OCH3 is 1. The number of rotatable bonds is 15. The molecule has 0 radical (unpaired) electrons. The summed E-state index contributed by atoms with van der Waals surface area (Å²) in [7, 11) is 1.34. The molecule has 2 aliphatic heterocycles. The Bertz CT molecular complexity index is 1590. The Morgan fingerprint density at radius 2 is 1.61 bits per heavy atom. The van der Waals surface area contributed by atoms with Crippen LogP contribution in [0.15, 0.2) is 101 Å². The van der Waals surface area contributed by atoms with E-state index in [0.29, 0.717) is 36.5 Å². The number of piperidine rings is 1. The van der Waals surface area contributed by atoms with Crippen molar-refractivity contribution in [3.8, 4) is 0 Å². The molecule has 2 N–H and O–H groups in total. The first-order valence-electron chi connectivity index (χ1n) is 17.2. The van der Waals surface area contributed by atoms with Crippen LogP contribution in [-0.2, 0) is 19.7 Å². The Labute approximate surface area is 288 Å². The number of carbonyl (C=O) groups excluding carboxylic acids is 2. The summed E-state index contributed by atoms with van der Waals surface area (Å²) in [6, 6.07) is 27.7. The lowest BCUT2D eigenvalue weighted by Crippen LogP contribution is -2.44. The maximum absolute atomic E-state index is 13.3. The molecule has 3 aromatic carbocycles. The fraction of sp³-hybridized carbons (Fsp3) is 0.410. The summed E-state index contributed by atoms with van der Waals surface area (Å²) in [5.41, 5.74) is 11.0. The van der Waals surface area contributed by atoms with Gasteiger partial charge in [-0.2, -0.15) is 0 Å².